The number of anilines is 1. The minimum absolute atomic E-state index is 0.0861. The van der Waals surface area contributed by atoms with Crippen LogP contribution in [0.2, 0.25) is 0 Å². The van der Waals surface area contributed by atoms with E-state index >= 15 is 0 Å². The number of para-hydroxylation sites is 1. The Morgan fingerprint density at radius 3 is 2.68 bits per heavy atom. The number of pyridine rings is 1. The van der Waals surface area contributed by atoms with Crippen molar-refractivity contribution in [2.24, 2.45) is 0 Å². The highest BCUT2D eigenvalue weighted by molar-refractivity contribution is 7.99. The molecule has 2 aromatic carbocycles. The summed E-state index contributed by atoms with van der Waals surface area (Å²) < 4.78 is 5.51. The van der Waals surface area contributed by atoms with Gasteiger partial charge in [0.25, 0.3) is 0 Å². The fourth-order valence-electron chi connectivity index (χ4n) is 2.87. The van der Waals surface area contributed by atoms with Gasteiger partial charge in [0.1, 0.15) is 0 Å². The molecule has 2 heterocycles. The van der Waals surface area contributed by atoms with Crippen LogP contribution in [0.5, 0.6) is 0 Å². The van der Waals surface area contributed by atoms with E-state index in [-0.39, 0.29) is 17.7 Å². The van der Waals surface area contributed by atoms with Crippen LogP contribution in [-0.2, 0) is 4.79 Å². The maximum absolute atomic E-state index is 12.3. The Morgan fingerprint density at radius 1 is 1.04 bits per heavy atom. The number of nitrogens with one attached hydrogen (secondary N) is 1. The summed E-state index contributed by atoms with van der Waals surface area (Å²) in [6.07, 6.45) is 0. The fraction of sp³-hybridized carbons (Fsp3) is 0.143. The Morgan fingerprint density at radius 2 is 1.86 bits per heavy atom. The van der Waals surface area contributed by atoms with Gasteiger partial charge in [-0.3, -0.25) is 10.1 Å². The molecule has 0 saturated heterocycles. The average molecular weight is 390 g/mol. The number of carbonyl (C=O) groups is 1. The van der Waals surface area contributed by atoms with E-state index in [1.165, 1.54) is 11.8 Å². The first-order valence-corrected chi connectivity index (χ1v) is 9.77. The van der Waals surface area contributed by atoms with E-state index < -0.39 is 0 Å². The van der Waals surface area contributed by atoms with Crippen LogP contribution in [0.15, 0.2) is 64.0 Å². The van der Waals surface area contributed by atoms with Gasteiger partial charge in [0.15, 0.2) is 0 Å². The topological polar surface area (TPSA) is 80.9 Å². The Balaban J connectivity index is 1.42. The normalized spacial score (nSPS) is 10.9. The number of carbonyl (C=O) groups excluding carboxylic acids is 1. The van der Waals surface area contributed by atoms with Gasteiger partial charge in [0.05, 0.1) is 16.3 Å². The lowest BCUT2D eigenvalue weighted by atomic mass is 10.1. The molecule has 28 heavy (non-hydrogen) atoms. The third kappa shape index (κ3) is 3.89. The summed E-state index contributed by atoms with van der Waals surface area (Å²) in [7, 11) is 0. The van der Waals surface area contributed by atoms with Crippen molar-refractivity contribution in [2.75, 3.05) is 11.1 Å². The maximum atomic E-state index is 12.3. The summed E-state index contributed by atoms with van der Waals surface area (Å²) in [5.74, 6) is 0.343. The lowest BCUT2D eigenvalue weighted by molar-refractivity contribution is -0.113. The zero-order valence-corrected chi connectivity index (χ0v) is 16.3. The fourth-order valence-corrected chi connectivity index (χ4v) is 3.64. The van der Waals surface area contributed by atoms with E-state index in [0.717, 1.165) is 32.6 Å². The second-order valence-electron chi connectivity index (χ2n) is 6.36. The monoisotopic (exact) mass is 390 g/mol. The van der Waals surface area contributed by atoms with Gasteiger partial charge in [-0.05, 0) is 43.2 Å². The quantitative estimate of drug-likeness (QED) is 0.500. The number of benzene rings is 2. The molecule has 1 amide bonds. The molecule has 2 aromatic heterocycles. The van der Waals surface area contributed by atoms with Crippen molar-refractivity contribution in [3.63, 3.8) is 0 Å². The van der Waals surface area contributed by atoms with Crippen LogP contribution in [0.4, 0.5) is 6.01 Å². The van der Waals surface area contributed by atoms with Crippen LogP contribution >= 0.6 is 11.8 Å². The van der Waals surface area contributed by atoms with Crippen LogP contribution in [0.1, 0.15) is 11.1 Å². The number of nitrogens with zero attached hydrogens (tertiary/aromatic N) is 3. The Hall–Kier alpha value is -3.19. The van der Waals surface area contributed by atoms with E-state index in [4.69, 9.17) is 4.42 Å². The molecule has 0 unspecified atom stereocenters. The van der Waals surface area contributed by atoms with Gasteiger partial charge < -0.3 is 4.42 Å². The number of rotatable bonds is 5. The van der Waals surface area contributed by atoms with Gasteiger partial charge in [-0.15, -0.1) is 5.10 Å². The van der Waals surface area contributed by atoms with E-state index in [1.54, 1.807) is 0 Å². The summed E-state index contributed by atoms with van der Waals surface area (Å²) in [5, 5.41) is 12.4. The SMILES string of the molecule is Cc1cc(SCC(=O)Nc2nnc(-c3ccccc3)o2)nc2c(C)cccc12. The highest BCUT2D eigenvalue weighted by Crippen LogP contribution is 2.26. The van der Waals surface area contributed by atoms with Crippen molar-refractivity contribution in [1.82, 2.24) is 15.2 Å². The van der Waals surface area contributed by atoms with Crippen LogP contribution in [0, 0.1) is 13.8 Å². The lowest BCUT2D eigenvalue weighted by Crippen LogP contribution is -2.14. The largest absolute Gasteiger partial charge is 0.403 e. The molecule has 1 N–H and O–H groups in total. The molecule has 0 aliphatic carbocycles. The molecule has 4 rings (SSSR count). The molecule has 0 atom stereocenters. The smallest absolute Gasteiger partial charge is 0.322 e. The molecular weight excluding hydrogens is 372 g/mol. The minimum atomic E-state index is -0.224. The number of amides is 1. The Labute approximate surface area is 166 Å². The predicted octanol–water partition coefficient (Wildman–Crippen LogP) is 4.63. The number of aryl methyl sites for hydroxylation is 2. The highest BCUT2D eigenvalue weighted by Gasteiger charge is 2.12. The molecular formula is C21H18N4O2S. The van der Waals surface area contributed by atoms with Crippen molar-refractivity contribution >= 4 is 34.6 Å². The summed E-state index contributed by atoms with van der Waals surface area (Å²) in [5.41, 5.74) is 4.03. The second kappa shape index (κ2) is 7.82. The number of hydrogen-bond acceptors (Lipinski definition) is 6. The van der Waals surface area contributed by atoms with Gasteiger partial charge in [0.2, 0.25) is 11.8 Å². The zero-order valence-electron chi connectivity index (χ0n) is 15.5. The number of hydrogen-bond donors (Lipinski definition) is 1. The molecule has 140 valence electrons. The van der Waals surface area contributed by atoms with Gasteiger partial charge in [-0.2, -0.15) is 0 Å². The van der Waals surface area contributed by atoms with Gasteiger partial charge in [-0.1, -0.05) is 53.3 Å². The van der Waals surface area contributed by atoms with Crippen LogP contribution in [0.25, 0.3) is 22.4 Å². The minimum Gasteiger partial charge on any atom is -0.403 e. The van der Waals surface area contributed by atoms with Crippen molar-refractivity contribution in [1.29, 1.82) is 0 Å². The molecule has 0 fully saturated rings. The number of fused-ring (bicyclic) bond motifs is 1. The van der Waals surface area contributed by atoms with E-state index in [9.17, 15) is 4.79 Å². The molecule has 7 heteroatoms. The molecule has 4 aromatic rings. The van der Waals surface area contributed by atoms with E-state index in [1.807, 2.05) is 55.5 Å². The summed E-state index contributed by atoms with van der Waals surface area (Å²) in [6.45, 7) is 4.09. The van der Waals surface area contributed by atoms with Gasteiger partial charge in [0, 0.05) is 10.9 Å². The van der Waals surface area contributed by atoms with Crippen molar-refractivity contribution in [3.05, 3.63) is 65.7 Å². The first kappa shape index (κ1) is 18.2. The first-order chi connectivity index (χ1) is 13.6. The number of aromatic nitrogens is 3. The van der Waals surface area contributed by atoms with Gasteiger partial charge >= 0.3 is 6.01 Å². The molecule has 0 spiro atoms. The van der Waals surface area contributed by atoms with Gasteiger partial charge in [-0.25, -0.2) is 4.98 Å². The first-order valence-electron chi connectivity index (χ1n) is 8.79. The van der Waals surface area contributed by atoms with E-state index in [2.05, 4.69) is 33.5 Å². The summed E-state index contributed by atoms with van der Waals surface area (Å²) in [6, 6.07) is 17.6. The third-order valence-electron chi connectivity index (χ3n) is 4.27. The molecule has 0 bridgehead atoms. The second-order valence-corrected chi connectivity index (χ2v) is 7.36. The molecule has 0 aliphatic heterocycles. The molecule has 0 radical (unpaired) electrons. The Bertz CT molecular complexity index is 1140. The van der Waals surface area contributed by atoms with Crippen molar-refractivity contribution < 1.29 is 9.21 Å². The third-order valence-corrected chi connectivity index (χ3v) is 5.18. The standard InChI is InChI=1S/C21H18N4O2S/c1-13-7-6-10-16-14(2)11-18(23-19(13)16)28-12-17(26)22-21-25-24-20(27-21)15-8-4-3-5-9-15/h3-11H,12H2,1-2H3,(H,22,25,26). The van der Waals surface area contributed by atoms with Crippen LogP contribution < -0.4 is 5.32 Å². The number of thioether (sulfide) groups is 1. The summed E-state index contributed by atoms with van der Waals surface area (Å²) in [4.78, 5) is 16.9. The molecule has 6 nitrogen and oxygen atoms in total. The van der Waals surface area contributed by atoms with Crippen LogP contribution in [-0.4, -0.2) is 26.8 Å². The average Bonchev–Trinajstić information content (AvgIpc) is 3.16. The highest BCUT2D eigenvalue weighted by atomic mass is 32.2. The predicted molar refractivity (Wildman–Crippen MR) is 110 cm³/mol. The van der Waals surface area contributed by atoms with Crippen LogP contribution in [0.3, 0.4) is 0 Å². The van der Waals surface area contributed by atoms with Crippen molar-refractivity contribution in [2.45, 2.75) is 18.9 Å². The zero-order chi connectivity index (χ0) is 19.5. The lowest BCUT2D eigenvalue weighted by Gasteiger charge is -2.08. The Kier molecular flexibility index (Phi) is 5.08. The van der Waals surface area contributed by atoms with E-state index in [0.29, 0.717) is 5.89 Å². The van der Waals surface area contributed by atoms with Crippen molar-refractivity contribution in [3.8, 4) is 11.5 Å². The molecule has 0 aliphatic rings. The summed E-state index contributed by atoms with van der Waals surface area (Å²) >= 11 is 1.38. The molecule has 0 saturated carbocycles. The maximum Gasteiger partial charge on any atom is 0.322 e.